The van der Waals surface area contributed by atoms with Crippen molar-refractivity contribution in [3.05, 3.63) is 48.0 Å². The van der Waals surface area contributed by atoms with E-state index in [-0.39, 0.29) is 16.8 Å². The zero-order valence-electron chi connectivity index (χ0n) is 21.1. The molecule has 1 amide bonds. The van der Waals surface area contributed by atoms with Gasteiger partial charge in [0.25, 0.3) is 5.91 Å². The number of nitrogens with zero attached hydrogens (tertiary/aromatic N) is 4. The molecule has 1 saturated carbocycles. The maximum absolute atomic E-state index is 13.7. The van der Waals surface area contributed by atoms with Gasteiger partial charge in [0, 0.05) is 50.9 Å². The zero-order valence-corrected chi connectivity index (χ0v) is 22.8. The van der Waals surface area contributed by atoms with Gasteiger partial charge in [-0.1, -0.05) is 11.3 Å². The third kappa shape index (κ3) is 5.80. The van der Waals surface area contributed by atoms with E-state index in [0.717, 1.165) is 62.3 Å². The summed E-state index contributed by atoms with van der Waals surface area (Å²) in [5.74, 6) is 0.509. The highest BCUT2D eigenvalue weighted by atomic mass is 32.2. The van der Waals surface area contributed by atoms with Crippen LogP contribution in [0.2, 0.25) is 0 Å². The predicted octanol–water partition coefficient (Wildman–Crippen LogP) is 3.46. The summed E-state index contributed by atoms with van der Waals surface area (Å²) in [6, 6.07) is 12.0. The number of aromatic nitrogens is 1. The summed E-state index contributed by atoms with van der Waals surface area (Å²) in [5.41, 5.74) is 1.20. The number of thiazole rings is 1. The Morgan fingerprint density at radius 3 is 2.57 bits per heavy atom. The molecule has 11 heteroatoms. The van der Waals surface area contributed by atoms with Crippen molar-refractivity contribution in [1.29, 1.82) is 0 Å². The Balaban J connectivity index is 1.38. The van der Waals surface area contributed by atoms with Crippen molar-refractivity contribution in [3.63, 3.8) is 0 Å². The first-order valence-electron chi connectivity index (χ1n) is 12.5. The molecular formula is C26H32N4O5S2. The van der Waals surface area contributed by atoms with Crippen LogP contribution in [-0.4, -0.2) is 88.1 Å². The minimum Gasteiger partial charge on any atom is -0.497 e. The Kier molecular flexibility index (Phi) is 7.77. The average Bonchev–Trinajstić information content (AvgIpc) is 3.69. The first-order valence-corrected chi connectivity index (χ1v) is 14.8. The number of amides is 1. The number of fused-ring (bicyclic) bond motifs is 1. The molecule has 0 N–H and O–H groups in total. The minimum absolute atomic E-state index is 0.0749. The number of carbonyl (C=O) groups excluding carboxylic acids is 1. The van der Waals surface area contributed by atoms with Gasteiger partial charge in [-0.2, -0.15) is 4.31 Å². The van der Waals surface area contributed by atoms with Crippen LogP contribution in [0.1, 0.15) is 29.6 Å². The molecule has 1 aliphatic heterocycles. The molecule has 5 rings (SSSR count). The molecule has 0 bridgehead atoms. The lowest BCUT2D eigenvalue weighted by Crippen LogP contribution is -2.39. The number of hydrogen-bond acceptors (Lipinski definition) is 8. The van der Waals surface area contributed by atoms with Crippen LogP contribution in [0, 0.1) is 0 Å². The molecule has 1 aliphatic carbocycles. The monoisotopic (exact) mass is 544 g/mol. The van der Waals surface area contributed by atoms with Gasteiger partial charge in [0.1, 0.15) is 5.75 Å². The Bertz CT molecular complexity index is 1350. The molecule has 37 heavy (non-hydrogen) atoms. The van der Waals surface area contributed by atoms with Crippen LogP contribution in [0.15, 0.2) is 47.4 Å². The molecule has 198 valence electrons. The van der Waals surface area contributed by atoms with Crippen molar-refractivity contribution < 1.29 is 22.7 Å². The van der Waals surface area contributed by atoms with Gasteiger partial charge in [0.2, 0.25) is 10.0 Å². The van der Waals surface area contributed by atoms with Crippen molar-refractivity contribution >= 4 is 42.6 Å². The molecule has 0 spiro atoms. The topological polar surface area (TPSA) is 92.3 Å². The first-order chi connectivity index (χ1) is 17.9. The molecule has 3 aromatic rings. The van der Waals surface area contributed by atoms with E-state index in [9.17, 15) is 13.2 Å². The summed E-state index contributed by atoms with van der Waals surface area (Å²) in [5, 5.41) is 0.611. The maximum Gasteiger partial charge on any atom is 0.260 e. The molecule has 2 aromatic carbocycles. The van der Waals surface area contributed by atoms with E-state index < -0.39 is 10.0 Å². The highest BCUT2D eigenvalue weighted by molar-refractivity contribution is 7.89. The Morgan fingerprint density at radius 2 is 1.89 bits per heavy atom. The van der Waals surface area contributed by atoms with Gasteiger partial charge in [0.05, 0.1) is 35.4 Å². The summed E-state index contributed by atoms with van der Waals surface area (Å²) < 4.78 is 38.9. The van der Waals surface area contributed by atoms with E-state index in [1.807, 2.05) is 18.2 Å². The molecule has 0 atom stereocenters. The van der Waals surface area contributed by atoms with E-state index in [0.29, 0.717) is 23.0 Å². The van der Waals surface area contributed by atoms with Crippen LogP contribution >= 0.6 is 11.3 Å². The number of sulfonamides is 1. The van der Waals surface area contributed by atoms with Crippen molar-refractivity contribution in [2.75, 3.05) is 58.5 Å². The second kappa shape index (κ2) is 11.0. The van der Waals surface area contributed by atoms with E-state index in [4.69, 9.17) is 14.5 Å². The van der Waals surface area contributed by atoms with Gasteiger partial charge >= 0.3 is 0 Å². The van der Waals surface area contributed by atoms with Crippen molar-refractivity contribution in [2.24, 2.45) is 0 Å². The van der Waals surface area contributed by atoms with E-state index in [2.05, 4.69) is 4.90 Å². The minimum atomic E-state index is -3.57. The first kappa shape index (κ1) is 26.1. The highest BCUT2D eigenvalue weighted by Crippen LogP contribution is 2.33. The van der Waals surface area contributed by atoms with Gasteiger partial charge < -0.3 is 9.47 Å². The number of methoxy groups -OCH3 is 1. The number of anilines is 1. The normalized spacial score (nSPS) is 16.8. The van der Waals surface area contributed by atoms with E-state index in [1.54, 1.807) is 31.2 Å². The summed E-state index contributed by atoms with van der Waals surface area (Å²) in [4.78, 5) is 22.7. The molecule has 9 nitrogen and oxygen atoms in total. The third-order valence-electron chi connectivity index (χ3n) is 6.86. The molecule has 2 fully saturated rings. The van der Waals surface area contributed by atoms with Gasteiger partial charge in [0.15, 0.2) is 5.13 Å². The van der Waals surface area contributed by atoms with Crippen molar-refractivity contribution in [2.45, 2.75) is 30.2 Å². The number of benzene rings is 2. The van der Waals surface area contributed by atoms with Gasteiger partial charge in [-0.3, -0.25) is 14.6 Å². The second-order valence-electron chi connectivity index (χ2n) is 9.37. The van der Waals surface area contributed by atoms with Crippen LogP contribution in [0.5, 0.6) is 5.75 Å². The lowest BCUT2D eigenvalue weighted by Gasteiger charge is -2.27. The second-order valence-corrected chi connectivity index (χ2v) is 12.4. The molecule has 0 unspecified atom stereocenters. The van der Waals surface area contributed by atoms with Crippen LogP contribution < -0.4 is 9.64 Å². The number of ether oxygens (including phenoxy) is 2. The molecule has 1 aromatic heterocycles. The number of carbonyl (C=O) groups is 1. The molecule has 0 radical (unpaired) electrons. The van der Waals surface area contributed by atoms with Crippen LogP contribution in [0.3, 0.4) is 0 Å². The lowest BCUT2D eigenvalue weighted by molar-refractivity contribution is 0.0376. The fourth-order valence-electron chi connectivity index (χ4n) is 4.42. The highest BCUT2D eigenvalue weighted by Gasteiger charge is 2.35. The summed E-state index contributed by atoms with van der Waals surface area (Å²) >= 11 is 1.46. The molecule has 2 heterocycles. The lowest BCUT2D eigenvalue weighted by atomic mass is 10.2. The zero-order chi connectivity index (χ0) is 26.0. The predicted molar refractivity (Wildman–Crippen MR) is 144 cm³/mol. The third-order valence-corrected chi connectivity index (χ3v) is 9.84. The number of rotatable bonds is 10. The fraction of sp³-hybridized carbons (Fsp3) is 0.462. The Hall–Kier alpha value is -2.57. The van der Waals surface area contributed by atoms with Gasteiger partial charge in [-0.25, -0.2) is 13.4 Å². The Labute approximate surface area is 221 Å². The van der Waals surface area contributed by atoms with Gasteiger partial charge in [-0.05, 0) is 55.7 Å². The van der Waals surface area contributed by atoms with Crippen LogP contribution in [0.4, 0.5) is 5.13 Å². The summed E-state index contributed by atoms with van der Waals surface area (Å²) in [7, 11) is -0.342. The van der Waals surface area contributed by atoms with Crippen LogP contribution in [-0.2, 0) is 14.8 Å². The van der Waals surface area contributed by atoms with Crippen LogP contribution in [0.25, 0.3) is 10.2 Å². The molecule has 1 saturated heterocycles. The van der Waals surface area contributed by atoms with Crippen molar-refractivity contribution in [3.8, 4) is 5.75 Å². The van der Waals surface area contributed by atoms with Crippen molar-refractivity contribution in [1.82, 2.24) is 14.2 Å². The van der Waals surface area contributed by atoms with Gasteiger partial charge in [-0.15, -0.1) is 0 Å². The van der Waals surface area contributed by atoms with E-state index >= 15 is 0 Å². The smallest absolute Gasteiger partial charge is 0.260 e. The Morgan fingerprint density at radius 1 is 1.16 bits per heavy atom. The summed E-state index contributed by atoms with van der Waals surface area (Å²) in [6.45, 7) is 4.59. The average molecular weight is 545 g/mol. The molecular weight excluding hydrogens is 512 g/mol. The maximum atomic E-state index is 13.7. The van der Waals surface area contributed by atoms with E-state index in [1.165, 1.54) is 27.8 Å². The largest absolute Gasteiger partial charge is 0.497 e. The fourth-order valence-corrected chi connectivity index (χ4v) is 6.81. The SMILES string of the molecule is COc1ccc2sc(N(CCCN3CCOCC3)C(=O)c3ccc(S(=O)(=O)N(C)C4CC4)cc3)nc2c1. The standard InChI is InChI=1S/C26H32N4O5S2/c1-28(20-6-7-20)37(32,33)22-9-4-19(5-10-22)25(31)30(13-3-12-29-14-16-35-17-15-29)26-27-23-18-21(34-2)8-11-24(23)36-26/h4-5,8-11,18,20H,3,6-7,12-17H2,1-2H3. The molecule has 2 aliphatic rings. The number of hydrogen-bond donors (Lipinski definition) is 0. The summed E-state index contributed by atoms with van der Waals surface area (Å²) in [6.07, 6.45) is 2.56. The quantitative estimate of drug-likeness (QED) is 0.386. The number of morpholine rings is 1.